The summed E-state index contributed by atoms with van der Waals surface area (Å²) in [5.41, 5.74) is 4.14. The Morgan fingerprint density at radius 3 is 2.47 bits per heavy atom. The summed E-state index contributed by atoms with van der Waals surface area (Å²) >= 11 is 1.71. The van der Waals surface area contributed by atoms with Gasteiger partial charge in [0.1, 0.15) is 11.6 Å². The smallest absolute Gasteiger partial charge is 0.201 e. The van der Waals surface area contributed by atoms with Gasteiger partial charge in [0.2, 0.25) is 5.75 Å². The third-order valence-electron chi connectivity index (χ3n) is 5.34. The van der Waals surface area contributed by atoms with E-state index in [9.17, 15) is 10.3 Å². The minimum absolute atomic E-state index is 0.140. The first-order chi connectivity index (χ1) is 16.3. The van der Waals surface area contributed by atoms with Crippen LogP contribution in [0.15, 0.2) is 36.4 Å². The van der Waals surface area contributed by atoms with Crippen molar-refractivity contribution in [1.82, 2.24) is 10.5 Å². The Morgan fingerprint density at radius 2 is 1.82 bits per heavy atom. The van der Waals surface area contributed by atoms with E-state index in [4.69, 9.17) is 19.9 Å². The molecule has 34 heavy (non-hydrogen) atoms. The lowest BCUT2D eigenvalue weighted by atomic mass is 10.1. The van der Waals surface area contributed by atoms with Gasteiger partial charge in [0.05, 0.1) is 17.3 Å². The van der Waals surface area contributed by atoms with Gasteiger partial charge in [-0.2, -0.15) is 0 Å². The number of aryl methyl sites for hydroxylation is 1. The number of aromatic nitrogens is 1. The maximum absolute atomic E-state index is 10.8. The topological polar surface area (TPSA) is 108 Å². The van der Waals surface area contributed by atoms with Crippen LogP contribution in [0.25, 0.3) is 11.3 Å². The van der Waals surface area contributed by atoms with E-state index in [1.54, 1.807) is 11.3 Å². The molecule has 0 saturated carbocycles. The van der Waals surface area contributed by atoms with Crippen LogP contribution in [0.1, 0.15) is 67.8 Å². The Bertz CT molecular complexity index is 1110. The van der Waals surface area contributed by atoms with Crippen molar-refractivity contribution in [3.63, 3.8) is 0 Å². The van der Waals surface area contributed by atoms with Crippen molar-refractivity contribution >= 4 is 17.2 Å². The molecule has 0 bridgehead atoms. The maximum Gasteiger partial charge on any atom is 0.201 e. The van der Waals surface area contributed by atoms with Crippen LogP contribution < -0.4 is 15.0 Å². The van der Waals surface area contributed by atoms with E-state index in [1.807, 2.05) is 36.7 Å². The van der Waals surface area contributed by atoms with Crippen molar-refractivity contribution in [2.45, 2.75) is 59.3 Å². The van der Waals surface area contributed by atoms with E-state index in [1.165, 1.54) is 17.0 Å². The summed E-state index contributed by atoms with van der Waals surface area (Å²) in [4.78, 5) is 5.94. The number of unbranched alkanes of at least 4 members (excludes halogenated alkanes) is 3. The summed E-state index contributed by atoms with van der Waals surface area (Å²) in [7, 11) is 0. The first kappa shape index (κ1) is 25.5. The van der Waals surface area contributed by atoms with Gasteiger partial charge in [0.15, 0.2) is 11.5 Å². The average Bonchev–Trinajstić information content (AvgIpc) is 3.23. The number of rotatable bonds is 11. The van der Waals surface area contributed by atoms with Gasteiger partial charge in [-0.25, -0.2) is 4.98 Å². The molecule has 0 saturated heterocycles. The molecule has 7 nitrogen and oxygen atoms in total. The van der Waals surface area contributed by atoms with Crippen LogP contribution in [0.2, 0.25) is 0 Å². The van der Waals surface area contributed by atoms with Gasteiger partial charge in [-0.15, -0.1) is 11.3 Å². The zero-order valence-corrected chi connectivity index (χ0v) is 21.0. The fourth-order valence-electron chi connectivity index (χ4n) is 3.54. The Morgan fingerprint density at radius 1 is 1.12 bits per heavy atom. The molecule has 3 aromatic rings. The van der Waals surface area contributed by atoms with Crippen molar-refractivity contribution in [1.29, 1.82) is 5.41 Å². The number of hydrogen-bond donors (Lipinski definition) is 4. The zero-order valence-electron chi connectivity index (χ0n) is 20.1. The average molecular weight is 484 g/mol. The Labute approximate surface area is 204 Å². The van der Waals surface area contributed by atoms with E-state index in [0.717, 1.165) is 41.9 Å². The maximum atomic E-state index is 10.8. The quantitative estimate of drug-likeness (QED) is 0.101. The molecule has 0 spiro atoms. The highest BCUT2D eigenvalue weighted by Gasteiger charge is 2.17. The van der Waals surface area contributed by atoms with E-state index in [2.05, 4.69) is 20.8 Å². The van der Waals surface area contributed by atoms with Gasteiger partial charge in [-0.1, -0.05) is 40.0 Å². The predicted octanol–water partition coefficient (Wildman–Crippen LogP) is 7.00. The standard InChI is InChI=1S/C26H33N3O4S/c1-5-6-7-8-13-32-21-14-19(26(27)29-31)15-22(24(21)30)33-20-11-9-18(10-12-20)23-25(16(2)3)34-17(4)28-23/h9-12,14-16,30-31H,5-8,13H2,1-4H3,(H2,27,29). The van der Waals surface area contributed by atoms with Crippen LogP contribution in [-0.4, -0.2) is 27.7 Å². The van der Waals surface area contributed by atoms with Crippen LogP contribution in [0.3, 0.4) is 0 Å². The van der Waals surface area contributed by atoms with E-state index >= 15 is 0 Å². The van der Waals surface area contributed by atoms with Crippen molar-refractivity contribution < 1.29 is 19.8 Å². The molecule has 0 atom stereocenters. The molecule has 4 N–H and O–H groups in total. The lowest BCUT2D eigenvalue weighted by molar-refractivity contribution is 0.234. The molecule has 0 aliphatic rings. The van der Waals surface area contributed by atoms with Crippen molar-refractivity contribution in [3.05, 3.63) is 51.8 Å². The third kappa shape index (κ3) is 6.27. The second-order valence-corrected chi connectivity index (χ2v) is 9.68. The molecule has 0 radical (unpaired) electrons. The number of phenolic OH excluding ortho intramolecular Hbond substituents is 1. The fraction of sp³-hybridized carbons (Fsp3) is 0.385. The van der Waals surface area contributed by atoms with Gasteiger partial charge in [0.25, 0.3) is 0 Å². The summed E-state index contributed by atoms with van der Waals surface area (Å²) < 4.78 is 11.7. The van der Waals surface area contributed by atoms with Gasteiger partial charge >= 0.3 is 0 Å². The summed E-state index contributed by atoms with van der Waals surface area (Å²) in [6, 6.07) is 10.5. The van der Waals surface area contributed by atoms with Gasteiger partial charge in [-0.3, -0.25) is 16.1 Å². The van der Waals surface area contributed by atoms with Crippen LogP contribution in [0.5, 0.6) is 23.0 Å². The van der Waals surface area contributed by atoms with E-state index in [-0.39, 0.29) is 23.1 Å². The number of thiazole rings is 1. The number of ether oxygens (including phenoxy) is 2. The Balaban J connectivity index is 1.83. The lowest BCUT2D eigenvalue weighted by Gasteiger charge is -2.15. The second-order valence-electron chi connectivity index (χ2n) is 8.44. The first-order valence-corrected chi connectivity index (χ1v) is 12.4. The predicted molar refractivity (Wildman–Crippen MR) is 136 cm³/mol. The monoisotopic (exact) mass is 483 g/mol. The van der Waals surface area contributed by atoms with E-state index in [0.29, 0.717) is 23.8 Å². The number of hydrogen-bond acceptors (Lipinski definition) is 7. The zero-order chi connectivity index (χ0) is 24.7. The van der Waals surface area contributed by atoms with Gasteiger partial charge in [-0.05, 0) is 55.7 Å². The van der Waals surface area contributed by atoms with Crippen LogP contribution in [0, 0.1) is 12.3 Å². The molecule has 0 aliphatic carbocycles. The molecule has 1 heterocycles. The van der Waals surface area contributed by atoms with Crippen LogP contribution in [-0.2, 0) is 0 Å². The molecule has 0 aliphatic heterocycles. The van der Waals surface area contributed by atoms with Crippen LogP contribution >= 0.6 is 11.3 Å². The first-order valence-electron chi connectivity index (χ1n) is 11.6. The van der Waals surface area contributed by atoms with Crippen molar-refractivity contribution in [2.24, 2.45) is 0 Å². The molecule has 8 heteroatoms. The Hall–Kier alpha value is -3.10. The minimum atomic E-state index is -0.226. The summed E-state index contributed by atoms with van der Waals surface area (Å²) in [5.74, 6) is 0.878. The Kier molecular flexibility index (Phi) is 8.90. The van der Waals surface area contributed by atoms with E-state index < -0.39 is 0 Å². The largest absolute Gasteiger partial charge is 0.502 e. The van der Waals surface area contributed by atoms with Crippen molar-refractivity contribution in [2.75, 3.05) is 6.61 Å². The molecular formula is C26H33N3O4S. The highest BCUT2D eigenvalue weighted by Crippen LogP contribution is 2.41. The highest BCUT2D eigenvalue weighted by atomic mass is 32.1. The highest BCUT2D eigenvalue weighted by molar-refractivity contribution is 7.12. The minimum Gasteiger partial charge on any atom is -0.502 e. The number of nitrogens with zero attached hydrogens (tertiary/aromatic N) is 1. The molecule has 3 rings (SSSR count). The van der Waals surface area contributed by atoms with Gasteiger partial charge in [0, 0.05) is 16.0 Å². The molecule has 0 fully saturated rings. The van der Waals surface area contributed by atoms with Crippen LogP contribution in [0.4, 0.5) is 0 Å². The molecular weight excluding hydrogens is 450 g/mol. The molecule has 2 aromatic carbocycles. The molecule has 182 valence electrons. The number of benzene rings is 2. The fourth-order valence-corrected chi connectivity index (χ4v) is 4.49. The number of nitrogens with one attached hydrogen (secondary N) is 2. The summed E-state index contributed by atoms with van der Waals surface area (Å²) in [6.07, 6.45) is 4.15. The SMILES string of the molecule is CCCCCCOc1cc(C(=N)NO)cc(Oc2ccc(-c3nc(C)sc3C(C)C)cc2)c1O. The third-order valence-corrected chi connectivity index (χ3v) is 6.61. The number of phenols is 1. The normalized spacial score (nSPS) is 11.0. The molecule has 0 unspecified atom stereocenters. The number of amidine groups is 1. The van der Waals surface area contributed by atoms with Crippen molar-refractivity contribution in [3.8, 4) is 34.3 Å². The lowest BCUT2D eigenvalue weighted by Crippen LogP contribution is -2.18. The molecule has 1 aromatic heterocycles. The second kappa shape index (κ2) is 11.9. The summed E-state index contributed by atoms with van der Waals surface area (Å²) in [5, 5.41) is 28.9. The van der Waals surface area contributed by atoms with Gasteiger partial charge < -0.3 is 14.6 Å². The number of hydroxylamine groups is 1. The molecule has 0 amide bonds. The summed E-state index contributed by atoms with van der Waals surface area (Å²) in [6.45, 7) is 8.91. The number of aromatic hydroxyl groups is 1.